The second-order valence-corrected chi connectivity index (χ2v) is 7.02. The number of pyridine rings is 1. The number of carbonyl (C=O) groups excluding carboxylic acids is 1. The summed E-state index contributed by atoms with van der Waals surface area (Å²) >= 11 is 1.34. The Labute approximate surface area is 164 Å². The molecule has 0 atom stereocenters. The fourth-order valence-corrected chi connectivity index (χ4v) is 3.84. The van der Waals surface area contributed by atoms with Gasteiger partial charge in [-0.3, -0.25) is 19.7 Å². The minimum absolute atomic E-state index is 0.185. The molecule has 28 heavy (non-hydrogen) atoms. The lowest BCUT2D eigenvalue weighted by Crippen LogP contribution is -2.13. The third-order valence-electron chi connectivity index (χ3n) is 4.16. The van der Waals surface area contributed by atoms with Crippen molar-refractivity contribution in [3.8, 4) is 22.5 Å². The molecular weight excluding hydrogens is 374 g/mol. The molecule has 0 unspecified atom stereocenters. The molecule has 0 aliphatic rings. The quantitative estimate of drug-likeness (QED) is 0.560. The van der Waals surface area contributed by atoms with Gasteiger partial charge in [-0.15, -0.1) is 0 Å². The van der Waals surface area contributed by atoms with E-state index in [0.29, 0.717) is 16.8 Å². The number of amides is 1. The van der Waals surface area contributed by atoms with E-state index in [2.05, 4.69) is 21.4 Å². The van der Waals surface area contributed by atoms with E-state index >= 15 is 0 Å². The number of anilines is 1. The van der Waals surface area contributed by atoms with Gasteiger partial charge in [0.05, 0.1) is 16.3 Å². The van der Waals surface area contributed by atoms with Crippen LogP contribution in [0.3, 0.4) is 0 Å². The van der Waals surface area contributed by atoms with Crippen molar-refractivity contribution in [2.24, 2.45) is 0 Å². The average molecular weight is 389 g/mol. The molecule has 0 saturated carbocycles. The van der Waals surface area contributed by atoms with Crippen LogP contribution in [0, 0.1) is 25.2 Å². The van der Waals surface area contributed by atoms with E-state index in [4.69, 9.17) is 4.42 Å². The van der Waals surface area contributed by atoms with Gasteiger partial charge in [-0.05, 0) is 38.1 Å². The molecule has 4 aromatic heterocycles. The number of thiazole rings is 1. The molecule has 0 fully saturated rings. The van der Waals surface area contributed by atoms with E-state index < -0.39 is 5.91 Å². The van der Waals surface area contributed by atoms with Crippen molar-refractivity contribution < 1.29 is 9.21 Å². The number of hydrogen-bond acceptors (Lipinski definition) is 6. The summed E-state index contributed by atoms with van der Waals surface area (Å²) < 4.78 is 7.35. The molecule has 0 aliphatic heterocycles. The van der Waals surface area contributed by atoms with Crippen molar-refractivity contribution in [2.45, 2.75) is 13.8 Å². The first-order valence-corrected chi connectivity index (χ1v) is 9.27. The normalized spacial score (nSPS) is 10.6. The molecule has 4 heterocycles. The molecule has 0 bridgehead atoms. The molecule has 0 aliphatic carbocycles. The zero-order valence-electron chi connectivity index (χ0n) is 15.1. The summed E-state index contributed by atoms with van der Waals surface area (Å²) in [7, 11) is 0. The summed E-state index contributed by atoms with van der Waals surface area (Å²) in [6.45, 7) is 3.53. The van der Waals surface area contributed by atoms with Crippen LogP contribution in [-0.2, 0) is 0 Å². The molecule has 4 rings (SSSR count). The number of nitrogens with zero attached hydrogens (tertiary/aromatic N) is 4. The monoisotopic (exact) mass is 389 g/mol. The van der Waals surface area contributed by atoms with Gasteiger partial charge in [-0.2, -0.15) is 5.26 Å². The second kappa shape index (κ2) is 7.13. The first-order chi connectivity index (χ1) is 13.6. The molecular formula is C20H15N5O2S. The predicted molar refractivity (Wildman–Crippen MR) is 106 cm³/mol. The van der Waals surface area contributed by atoms with E-state index in [-0.39, 0.29) is 11.1 Å². The van der Waals surface area contributed by atoms with Crippen LogP contribution in [0.15, 0.2) is 53.3 Å². The van der Waals surface area contributed by atoms with Crippen LogP contribution in [0.5, 0.6) is 0 Å². The van der Waals surface area contributed by atoms with Gasteiger partial charge in [0.15, 0.2) is 5.13 Å². The third kappa shape index (κ3) is 3.08. The number of nitrogens with one attached hydrogen (secondary N) is 1. The molecule has 138 valence electrons. The predicted octanol–water partition coefficient (Wildman–Crippen LogP) is 4.33. The van der Waals surface area contributed by atoms with E-state index in [9.17, 15) is 10.1 Å². The summed E-state index contributed by atoms with van der Waals surface area (Å²) in [5.41, 5.74) is 1.96. The molecule has 7 nitrogen and oxygen atoms in total. The molecule has 0 radical (unpaired) electrons. The minimum atomic E-state index is -0.433. The molecule has 1 N–H and O–H groups in total. The molecule has 4 aromatic rings. The summed E-state index contributed by atoms with van der Waals surface area (Å²) in [5.74, 6) is 0.258. The van der Waals surface area contributed by atoms with Gasteiger partial charge in [0.25, 0.3) is 5.91 Å². The van der Waals surface area contributed by atoms with Gasteiger partial charge in [0.1, 0.15) is 23.0 Å². The van der Waals surface area contributed by atoms with Crippen molar-refractivity contribution in [3.63, 3.8) is 0 Å². The highest BCUT2D eigenvalue weighted by molar-refractivity contribution is 7.19. The Balaban J connectivity index is 1.66. The fraction of sp³-hybridized carbons (Fsp3) is 0.100. The van der Waals surface area contributed by atoms with E-state index in [1.807, 2.05) is 37.3 Å². The highest BCUT2D eigenvalue weighted by Crippen LogP contribution is 2.32. The Kier molecular flexibility index (Phi) is 4.51. The van der Waals surface area contributed by atoms with Gasteiger partial charge >= 0.3 is 0 Å². The molecule has 0 spiro atoms. The van der Waals surface area contributed by atoms with Crippen molar-refractivity contribution in [2.75, 3.05) is 5.32 Å². The summed E-state index contributed by atoms with van der Waals surface area (Å²) in [6.07, 6.45) is 5.22. The Bertz CT molecular complexity index is 1180. The Morgan fingerprint density at radius 2 is 2.04 bits per heavy atom. The first-order valence-electron chi connectivity index (χ1n) is 8.45. The Morgan fingerprint density at radius 3 is 2.71 bits per heavy atom. The van der Waals surface area contributed by atoms with E-state index in [1.54, 1.807) is 30.1 Å². The van der Waals surface area contributed by atoms with Crippen LogP contribution in [0.2, 0.25) is 0 Å². The zero-order valence-corrected chi connectivity index (χ0v) is 15.9. The van der Waals surface area contributed by atoms with E-state index in [0.717, 1.165) is 16.3 Å². The van der Waals surface area contributed by atoms with Crippen LogP contribution in [0.25, 0.3) is 16.5 Å². The number of rotatable bonds is 4. The van der Waals surface area contributed by atoms with Crippen LogP contribution >= 0.6 is 11.3 Å². The third-order valence-corrected chi connectivity index (χ3v) is 5.25. The minimum Gasteiger partial charge on any atom is -0.443 e. The maximum Gasteiger partial charge on any atom is 0.262 e. The topological polar surface area (TPSA) is 96.7 Å². The largest absolute Gasteiger partial charge is 0.443 e. The number of aryl methyl sites for hydroxylation is 2. The number of carbonyl (C=O) groups is 1. The first kappa shape index (κ1) is 17.7. The highest BCUT2D eigenvalue weighted by Gasteiger charge is 2.25. The van der Waals surface area contributed by atoms with Gasteiger partial charge in [-0.1, -0.05) is 17.4 Å². The van der Waals surface area contributed by atoms with Crippen LogP contribution < -0.4 is 5.32 Å². The second-order valence-electron chi connectivity index (χ2n) is 6.02. The standard InChI is InChI=1S/C20H15N5O2S/c1-12-17(15-7-3-4-8-22-15)28-20(23-12)24-18(26)16-13(2)27-19(14(16)11-21)25-9-5-6-10-25/h3-10H,1-2H3,(H,23,24,26). The summed E-state index contributed by atoms with van der Waals surface area (Å²) in [6, 6.07) is 11.3. The van der Waals surface area contributed by atoms with Gasteiger partial charge in [0, 0.05) is 18.6 Å². The number of furan rings is 1. The molecule has 0 aromatic carbocycles. The lowest BCUT2D eigenvalue weighted by atomic mass is 10.1. The van der Waals surface area contributed by atoms with Crippen LogP contribution in [0.4, 0.5) is 5.13 Å². The highest BCUT2D eigenvalue weighted by atomic mass is 32.1. The number of aromatic nitrogens is 3. The maximum absolute atomic E-state index is 12.9. The lowest BCUT2D eigenvalue weighted by Gasteiger charge is -2.01. The number of nitriles is 1. The van der Waals surface area contributed by atoms with E-state index in [1.165, 1.54) is 11.3 Å². The Morgan fingerprint density at radius 1 is 1.25 bits per heavy atom. The van der Waals surface area contributed by atoms with Crippen molar-refractivity contribution in [1.29, 1.82) is 5.26 Å². The molecule has 8 heteroatoms. The fourth-order valence-electron chi connectivity index (χ4n) is 2.90. The molecule has 1 amide bonds. The Hall–Kier alpha value is -3.70. The van der Waals surface area contributed by atoms with Crippen LogP contribution in [-0.4, -0.2) is 20.4 Å². The summed E-state index contributed by atoms with van der Waals surface area (Å²) in [4.78, 5) is 22.5. The maximum atomic E-state index is 12.9. The SMILES string of the molecule is Cc1nc(NC(=O)c2c(C)oc(-n3cccc3)c2C#N)sc1-c1ccccn1. The van der Waals surface area contributed by atoms with Gasteiger partial charge in [-0.25, -0.2) is 4.98 Å². The van der Waals surface area contributed by atoms with Gasteiger partial charge < -0.3 is 4.42 Å². The lowest BCUT2D eigenvalue weighted by molar-refractivity contribution is 0.102. The van der Waals surface area contributed by atoms with Crippen molar-refractivity contribution in [3.05, 3.63) is 71.5 Å². The van der Waals surface area contributed by atoms with Crippen molar-refractivity contribution in [1.82, 2.24) is 14.5 Å². The smallest absolute Gasteiger partial charge is 0.262 e. The zero-order chi connectivity index (χ0) is 19.7. The van der Waals surface area contributed by atoms with Gasteiger partial charge in [0.2, 0.25) is 5.88 Å². The summed E-state index contributed by atoms with van der Waals surface area (Å²) in [5, 5.41) is 12.8. The number of hydrogen-bond donors (Lipinski definition) is 1. The van der Waals surface area contributed by atoms with Crippen molar-refractivity contribution >= 4 is 22.4 Å². The van der Waals surface area contributed by atoms with Crippen LogP contribution in [0.1, 0.15) is 27.4 Å². The average Bonchev–Trinajstić information content (AvgIpc) is 3.41. The molecule has 0 saturated heterocycles.